The van der Waals surface area contributed by atoms with Gasteiger partial charge < -0.3 is 9.47 Å². The molecule has 0 saturated carbocycles. The molecule has 30 heavy (non-hydrogen) atoms. The first-order valence-electron chi connectivity index (χ1n) is 8.87. The summed E-state index contributed by atoms with van der Waals surface area (Å²) in [5.41, 5.74) is 4.17. The quantitative estimate of drug-likeness (QED) is 0.306. The molecule has 1 N–H and O–H groups in total. The van der Waals surface area contributed by atoms with Gasteiger partial charge in [-0.15, -0.1) is 0 Å². The number of hydrogen-bond acceptors (Lipinski definition) is 4. The Balaban J connectivity index is 1.57. The van der Waals surface area contributed by atoms with Crippen molar-refractivity contribution in [2.45, 2.75) is 6.61 Å². The van der Waals surface area contributed by atoms with E-state index < -0.39 is 5.91 Å². The number of nitrogens with zero attached hydrogens (tertiary/aromatic N) is 1. The zero-order chi connectivity index (χ0) is 21.3. The van der Waals surface area contributed by atoms with Crippen molar-refractivity contribution in [1.29, 1.82) is 0 Å². The minimum absolute atomic E-state index is 0.257. The highest BCUT2D eigenvalue weighted by Crippen LogP contribution is 2.27. The van der Waals surface area contributed by atoms with Gasteiger partial charge in [-0.2, -0.15) is 5.10 Å². The lowest BCUT2D eigenvalue weighted by atomic mass is 10.2. The first-order valence-corrected chi connectivity index (χ1v) is 10.4. The van der Waals surface area contributed by atoms with E-state index in [1.807, 2.05) is 48.5 Å². The zero-order valence-electron chi connectivity index (χ0n) is 15.6. The number of rotatable bonds is 8. The molecule has 0 spiro atoms. The van der Waals surface area contributed by atoms with Gasteiger partial charge in [0.05, 0.1) is 11.2 Å². The number of benzene rings is 3. The number of carbonyl (C=O) groups excluding carboxylic acids is 1. The topological polar surface area (TPSA) is 59.9 Å². The van der Waals surface area contributed by atoms with E-state index in [2.05, 4.69) is 26.5 Å². The summed E-state index contributed by atoms with van der Waals surface area (Å²) < 4.78 is 12.1. The van der Waals surface area contributed by atoms with E-state index in [1.54, 1.807) is 12.1 Å². The largest absolute Gasteiger partial charge is 0.488 e. The Hall–Kier alpha value is -2.54. The SMILES string of the molecule is O=C(COc1cc(Cl)ccc1Cl)N/N=C/c1cc(Br)ccc1OCc1ccccc1. The predicted octanol–water partition coefficient (Wildman–Crippen LogP) is 5.86. The second-order valence-electron chi connectivity index (χ2n) is 6.11. The Bertz CT molecular complexity index is 1050. The van der Waals surface area contributed by atoms with Crippen LogP contribution < -0.4 is 14.9 Å². The number of hydrogen-bond donors (Lipinski definition) is 1. The monoisotopic (exact) mass is 506 g/mol. The summed E-state index contributed by atoms with van der Waals surface area (Å²) in [6.45, 7) is 0.164. The first-order chi connectivity index (χ1) is 14.5. The minimum Gasteiger partial charge on any atom is -0.488 e. The van der Waals surface area contributed by atoms with Crippen LogP contribution in [-0.2, 0) is 11.4 Å². The van der Waals surface area contributed by atoms with E-state index in [-0.39, 0.29) is 6.61 Å². The lowest BCUT2D eigenvalue weighted by molar-refractivity contribution is -0.123. The lowest BCUT2D eigenvalue weighted by Crippen LogP contribution is -2.24. The van der Waals surface area contributed by atoms with Crippen molar-refractivity contribution in [3.8, 4) is 11.5 Å². The highest BCUT2D eigenvalue weighted by Gasteiger charge is 2.07. The Morgan fingerprint density at radius 2 is 1.80 bits per heavy atom. The molecule has 0 atom stereocenters. The van der Waals surface area contributed by atoms with Crippen molar-refractivity contribution < 1.29 is 14.3 Å². The molecular formula is C22H17BrCl2N2O3. The summed E-state index contributed by atoms with van der Waals surface area (Å²) in [6.07, 6.45) is 1.51. The standard InChI is InChI=1S/C22H17BrCl2N2O3/c23-17-6-9-20(29-13-15-4-2-1-3-5-15)16(10-17)12-26-27-22(28)14-30-21-11-18(24)7-8-19(21)25/h1-12H,13-14H2,(H,27,28)/b26-12+. The molecule has 3 aromatic carbocycles. The van der Waals surface area contributed by atoms with Gasteiger partial charge in [-0.3, -0.25) is 4.79 Å². The average Bonchev–Trinajstić information content (AvgIpc) is 2.74. The van der Waals surface area contributed by atoms with E-state index in [1.165, 1.54) is 12.3 Å². The fourth-order valence-corrected chi connectivity index (χ4v) is 3.14. The highest BCUT2D eigenvalue weighted by molar-refractivity contribution is 9.10. The van der Waals surface area contributed by atoms with Crippen LogP contribution >= 0.6 is 39.1 Å². The van der Waals surface area contributed by atoms with E-state index in [9.17, 15) is 4.79 Å². The molecule has 5 nitrogen and oxygen atoms in total. The molecule has 0 bridgehead atoms. The fraction of sp³-hybridized carbons (Fsp3) is 0.0909. The number of carbonyl (C=O) groups is 1. The molecule has 8 heteroatoms. The maximum Gasteiger partial charge on any atom is 0.277 e. The molecule has 0 aliphatic heterocycles. The van der Waals surface area contributed by atoms with Crippen LogP contribution in [0.3, 0.4) is 0 Å². The van der Waals surface area contributed by atoms with Gasteiger partial charge in [0.15, 0.2) is 6.61 Å². The van der Waals surface area contributed by atoms with Gasteiger partial charge in [0.1, 0.15) is 18.1 Å². The van der Waals surface area contributed by atoms with Crippen molar-refractivity contribution in [1.82, 2.24) is 5.43 Å². The molecule has 3 aromatic rings. The Labute approximate surface area is 192 Å². The van der Waals surface area contributed by atoms with E-state index in [4.69, 9.17) is 32.7 Å². The molecule has 3 rings (SSSR count). The maximum absolute atomic E-state index is 12.0. The summed E-state index contributed by atoms with van der Waals surface area (Å²) in [4.78, 5) is 12.0. The molecule has 0 aliphatic rings. The van der Waals surface area contributed by atoms with E-state index >= 15 is 0 Å². The summed E-state index contributed by atoms with van der Waals surface area (Å²) in [5, 5.41) is 4.82. The summed E-state index contributed by atoms with van der Waals surface area (Å²) >= 11 is 15.3. The summed E-state index contributed by atoms with van der Waals surface area (Å²) in [5.74, 6) is 0.526. The van der Waals surface area contributed by atoms with Crippen LogP contribution in [0.25, 0.3) is 0 Å². The number of hydrazone groups is 1. The maximum atomic E-state index is 12.0. The molecule has 0 radical (unpaired) electrons. The molecule has 0 saturated heterocycles. The molecule has 0 heterocycles. The van der Waals surface area contributed by atoms with Crippen LogP contribution in [0.1, 0.15) is 11.1 Å². The van der Waals surface area contributed by atoms with Crippen LogP contribution in [0.4, 0.5) is 0 Å². The first kappa shape index (κ1) is 22.2. The number of nitrogens with one attached hydrogen (secondary N) is 1. The molecule has 0 fully saturated rings. The van der Waals surface area contributed by atoms with Crippen molar-refractivity contribution >= 4 is 51.3 Å². The van der Waals surface area contributed by atoms with Crippen molar-refractivity contribution in [2.75, 3.05) is 6.61 Å². The third-order valence-corrected chi connectivity index (χ3v) is 4.89. The number of halogens is 3. The summed E-state index contributed by atoms with van der Waals surface area (Å²) in [6, 6.07) is 20.2. The van der Waals surface area contributed by atoms with Gasteiger partial charge in [0.25, 0.3) is 5.91 Å². The molecular weight excluding hydrogens is 491 g/mol. The second-order valence-corrected chi connectivity index (χ2v) is 7.87. The van der Waals surface area contributed by atoms with Crippen molar-refractivity contribution in [2.24, 2.45) is 5.10 Å². The number of amides is 1. The van der Waals surface area contributed by atoms with E-state index in [0.29, 0.717) is 33.7 Å². The smallest absolute Gasteiger partial charge is 0.277 e. The van der Waals surface area contributed by atoms with Crippen LogP contribution in [-0.4, -0.2) is 18.7 Å². The molecule has 0 aliphatic carbocycles. The van der Waals surface area contributed by atoms with Crippen LogP contribution in [0.2, 0.25) is 10.0 Å². The van der Waals surface area contributed by atoms with Crippen molar-refractivity contribution in [3.63, 3.8) is 0 Å². The van der Waals surface area contributed by atoms with Gasteiger partial charge in [0.2, 0.25) is 0 Å². The molecule has 1 amide bonds. The minimum atomic E-state index is -0.441. The van der Waals surface area contributed by atoms with Gasteiger partial charge in [-0.25, -0.2) is 5.43 Å². The predicted molar refractivity (Wildman–Crippen MR) is 123 cm³/mol. The third-order valence-electron chi connectivity index (χ3n) is 3.85. The van der Waals surface area contributed by atoms with Gasteiger partial charge in [0, 0.05) is 21.1 Å². The molecule has 0 aromatic heterocycles. The summed E-state index contributed by atoms with van der Waals surface area (Å²) in [7, 11) is 0. The highest BCUT2D eigenvalue weighted by atomic mass is 79.9. The Kier molecular flexibility index (Phi) is 8.13. The Morgan fingerprint density at radius 3 is 2.60 bits per heavy atom. The number of ether oxygens (including phenoxy) is 2. The van der Waals surface area contributed by atoms with Gasteiger partial charge in [-0.1, -0.05) is 69.5 Å². The molecule has 0 unspecified atom stereocenters. The lowest BCUT2D eigenvalue weighted by Gasteiger charge is -2.10. The second kappa shape index (κ2) is 11.0. The van der Waals surface area contributed by atoms with Crippen molar-refractivity contribution in [3.05, 3.63) is 92.4 Å². The van der Waals surface area contributed by atoms with Gasteiger partial charge >= 0.3 is 0 Å². The van der Waals surface area contributed by atoms with Crippen LogP contribution in [0.15, 0.2) is 76.3 Å². The normalized spacial score (nSPS) is 10.8. The fourth-order valence-electron chi connectivity index (χ4n) is 2.42. The van der Waals surface area contributed by atoms with Crippen LogP contribution in [0.5, 0.6) is 11.5 Å². The van der Waals surface area contributed by atoms with E-state index in [0.717, 1.165) is 10.0 Å². The zero-order valence-corrected chi connectivity index (χ0v) is 18.7. The average molecular weight is 508 g/mol. The van der Waals surface area contributed by atoms with Gasteiger partial charge in [-0.05, 0) is 35.9 Å². The third kappa shape index (κ3) is 6.76. The Morgan fingerprint density at radius 1 is 1.00 bits per heavy atom. The molecule has 154 valence electrons. The van der Waals surface area contributed by atoms with Crippen LogP contribution in [0, 0.1) is 0 Å².